The Morgan fingerprint density at radius 3 is 1.09 bits per heavy atom. The number of rotatable bonds is 32. The summed E-state index contributed by atoms with van der Waals surface area (Å²) in [6, 6.07) is 7.61. The maximum Gasteiger partial charge on any atom is 0.222 e. The van der Waals surface area contributed by atoms with Crippen LogP contribution in [0.5, 0.6) is 51.9 Å². The summed E-state index contributed by atoms with van der Waals surface area (Å²) in [5.41, 5.74) is 30.4. The lowest BCUT2D eigenvalue weighted by atomic mass is 10.0. The molecule has 9 heterocycles. The Kier molecular flexibility index (Phi) is 29.3. The van der Waals surface area contributed by atoms with Crippen molar-refractivity contribution in [1.82, 2.24) is 64.7 Å². The first-order chi connectivity index (χ1) is 50.7. The van der Waals surface area contributed by atoms with Crippen LogP contribution in [0.2, 0.25) is 0 Å². The third-order valence-corrected chi connectivity index (χ3v) is 18.4. The summed E-state index contributed by atoms with van der Waals surface area (Å²) in [6.07, 6.45) is 28.7. The van der Waals surface area contributed by atoms with Gasteiger partial charge in [0.1, 0.15) is 23.0 Å². The zero-order valence-corrected chi connectivity index (χ0v) is 63.3. The van der Waals surface area contributed by atoms with E-state index in [1.165, 1.54) is 77.1 Å². The fraction of sp³-hybridized carbons (Fsp3) is 0.532. The van der Waals surface area contributed by atoms with Crippen LogP contribution in [-0.2, 0) is 0 Å². The Bertz CT molecular complexity index is 4050. The average molecular weight is 1440 g/mol. The number of nitrogens with two attached hydrogens (primary N) is 4. The predicted octanol–water partition coefficient (Wildman–Crippen LogP) is 14.6. The summed E-state index contributed by atoms with van der Waals surface area (Å²) in [4.78, 5) is 54.0. The van der Waals surface area contributed by atoms with Crippen LogP contribution in [-0.4, -0.2) is 140 Å². The van der Waals surface area contributed by atoms with Gasteiger partial charge in [0.2, 0.25) is 29.7 Å². The van der Waals surface area contributed by atoms with Crippen molar-refractivity contribution in [3.63, 3.8) is 0 Å². The molecule has 14 N–H and O–H groups in total. The van der Waals surface area contributed by atoms with Crippen LogP contribution in [0.15, 0.2) is 73.8 Å². The lowest BCUT2D eigenvalue weighted by Crippen LogP contribution is -2.33. The van der Waals surface area contributed by atoms with Crippen molar-refractivity contribution < 1.29 is 33.9 Å². The number of anilines is 8. The summed E-state index contributed by atoms with van der Waals surface area (Å²) in [6.45, 7) is 27.9. The molecule has 3 saturated carbocycles. The van der Waals surface area contributed by atoms with E-state index in [0.29, 0.717) is 87.5 Å². The molecule has 28 heteroatoms. The number of piperidine rings is 1. The van der Waals surface area contributed by atoms with E-state index < -0.39 is 0 Å². The first kappa shape index (κ1) is 79.3. The van der Waals surface area contributed by atoms with Gasteiger partial charge in [-0.05, 0) is 107 Å². The first-order valence-corrected chi connectivity index (χ1v) is 37.4. The number of nitrogen functional groups attached to an aromatic ring is 4. The molecule has 4 aliphatic rings. The van der Waals surface area contributed by atoms with Crippen LogP contribution in [0.4, 0.5) is 47.1 Å². The number of aliphatic hydroxyl groups excluding tert-OH is 2. The van der Waals surface area contributed by atoms with Crippen molar-refractivity contribution in [2.75, 3.05) is 97.2 Å². The average Bonchev–Trinajstić information content (AvgIpc) is 1.26. The van der Waals surface area contributed by atoms with Crippen LogP contribution < -0.4 is 67.9 Å². The summed E-state index contributed by atoms with van der Waals surface area (Å²) in [5.74, 6) is 11.4. The molecule has 0 radical (unpaired) electrons. The molecule has 8 aromatic rings. The van der Waals surface area contributed by atoms with Crippen molar-refractivity contribution in [1.29, 1.82) is 0 Å². The number of hydrogen-bond acceptors (Lipinski definition) is 28. The number of ether oxygens (including phenoxy) is 5. The normalized spacial score (nSPS) is 14.8. The molecule has 2 unspecified atom stereocenters. The number of nitrogens with one attached hydrogen (secondary N) is 4. The fourth-order valence-electron chi connectivity index (χ4n) is 11.4. The van der Waals surface area contributed by atoms with E-state index in [9.17, 15) is 10.2 Å². The Balaban J connectivity index is 0.000000162. The fourth-order valence-corrected chi connectivity index (χ4v) is 11.4. The molecule has 2 atom stereocenters. The van der Waals surface area contributed by atoms with Gasteiger partial charge in [0.25, 0.3) is 0 Å². The third kappa shape index (κ3) is 23.6. The maximum absolute atomic E-state index is 9.47. The van der Waals surface area contributed by atoms with Gasteiger partial charge in [0.05, 0.1) is 57.2 Å². The van der Waals surface area contributed by atoms with Gasteiger partial charge in [0, 0.05) is 126 Å². The van der Waals surface area contributed by atoms with E-state index in [2.05, 4.69) is 147 Å². The molecule has 566 valence electrons. The summed E-state index contributed by atoms with van der Waals surface area (Å²) in [5, 5.41) is 31.9. The number of methoxy groups -OCH3 is 1. The number of aromatic nitrogens is 12. The molecule has 3 aliphatic carbocycles. The van der Waals surface area contributed by atoms with Gasteiger partial charge >= 0.3 is 0 Å². The number of unbranched alkanes of at least 4 members (excludes halogenated alkanes) is 1. The van der Waals surface area contributed by atoms with Crippen molar-refractivity contribution in [2.24, 2.45) is 0 Å². The van der Waals surface area contributed by atoms with Crippen LogP contribution in [0.1, 0.15) is 240 Å². The molecule has 8 aromatic heterocycles. The summed E-state index contributed by atoms with van der Waals surface area (Å²) < 4.78 is 30.0. The maximum atomic E-state index is 9.47. The van der Waals surface area contributed by atoms with Crippen LogP contribution in [0.25, 0.3) is 0 Å². The van der Waals surface area contributed by atoms with Gasteiger partial charge < -0.3 is 83.0 Å². The van der Waals surface area contributed by atoms with Gasteiger partial charge in [0.15, 0.2) is 46.3 Å². The molecule has 105 heavy (non-hydrogen) atoms. The Hall–Kier alpha value is -9.80. The van der Waals surface area contributed by atoms with Crippen LogP contribution in [0, 0.1) is 0 Å². The molecule has 1 saturated heterocycles. The molecule has 12 rings (SSSR count). The van der Waals surface area contributed by atoms with Crippen molar-refractivity contribution >= 4 is 47.1 Å². The molecule has 1 aliphatic heterocycles. The van der Waals surface area contributed by atoms with Crippen molar-refractivity contribution in [2.45, 2.75) is 213 Å². The van der Waals surface area contributed by atoms with E-state index in [-0.39, 0.29) is 60.9 Å². The van der Waals surface area contributed by atoms with Crippen LogP contribution >= 0.6 is 0 Å². The molecule has 0 spiro atoms. The third-order valence-electron chi connectivity index (χ3n) is 18.4. The Labute approximate surface area is 618 Å². The van der Waals surface area contributed by atoms with E-state index in [1.54, 1.807) is 38.0 Å². The van der Waals surface area contributed by atoms with Gasteiger partial charge in [-0.3, -0.25) is 15.0 Å². The SMILES string of the molecule is CC(C)c1cnc(C2CC2)cc1Oc1cnc(N)nc1NCCN1CCCCC1.CCC(CO)Nc1nc(N)ncc1Oc1cc(C2CC2)ncc1C(C)C.CCC(CO)Nc1nc(N)ncc1Oc1cc(OC)ncc1C(C)C.CCCCNc1nc(N)ncc1Oc1cc(C2CC2)ncc1C(C)C. The smallest absolute Gasteiger partial charge is 0.222 e. The quantitative estimate of drug-likeness (QED) is 0.0175. The van der Waals surface area contributed by atoms with E-state index in [1.807, 2.05) is 52.4 Å². The highest BCUT2D eigenvalue weighted by Gasteiger charge is 2.30. The van der Waals surface area contributed by atoms with Gasteiger partial charge in [-0.1, -0.05) is 89.0 Å². The largest absolute Gasteiger partial charge is 0.481 e. The Morgan fingerprint density at radius 2 is 0.762 bits per heavy atom. The molecule has 4 fully saturated rings. The van der Waals surface area contributed by atoms with Crippen molar-refractivity contribution in [3.05, 3.63) is 113 Å². The highest BCUT2D eigenvalue weighted by Crippen LogP contribution is 2.46. The number of aliphatic hydroxyl groups is 2. The minimum Gasteiger partial charge on any atom is -0.481 e. The molecule has 28 nitrogen and oxygen atoms in total. The second-order valence-electron chi connectivity index (χ2n) is 28.3. The second-order valence-corrected chi connectivity index (χ2v) is 28.3. The lowest BCUT2D eigenvalue weighted by Gasteiger charge is -2.26. The number of likely N-dealkylation sites (tertiary alicyclic amines) is 1. The highest BCUT2D eigenvalue weighted by atomic mass is 16.5. The highest BCUT2D eigenvalue weighted by molar-refractivity contribution is 5.58. The first-order valence-electron chi connectivity index (χ1n) is 37.4. The minimum absolute atomic E-state index is 0.00181. The molecular weight excluding hydrogens is 1330 g/mol. The van der Waals surface area contributed by atoms with Crippen molar-refractivity contribution in [3.8, 4) is 51.9 Å². The predicted molar refractivity (Wildman–Crippen MR) is 414 cm³/mol. The molecule has 0 bridgehead atoms. The zero-order valence-electron chi connectivity index (χ0n) is 63.3. The zero-order chi connectivity index (χ0) is 75.1. The summed E-state index contributed by atoms with van der Waals surface area (Å²) in [7, 11) is 1.55. The van der Waals surface area contributed by atoms with E-state index in [0.717, 1.165) is 102 Å². The molecule has 0 amide bonds. The van der Waals surface area contributed by atoms with Gasteiger partial charge in [-0.15, -0.1) is 0 Å². The van der Waals surface area contributed by atoms with Gasteiger partial charge in [-0.25, -0.2) is 24.9 Å². The number of hydrogen-bond donors (Lipinski definition) is 10. The standard InChI is InChI=1S/C22H32N6O.C19H27N5O2.C19H27N5O.C17H25N5O3/c1-15(2)17-13-25-18(16-6-7-16)12-19(17)29-20-14-26-22(23)27-21(20)24-8-11-28-9-4-3-5-10-28;1-4-13(10-25)23-18-17(9-22-19(20)24-18)26-16-7-15(12-5-6-12)21-8-14(16)11(2)3;1-4-5-8-21-18-17(11-23-19(20)24-18)25-16-9-15(13-6-7-13)22-10-14(16)12(2)3;1-5-11(9-23)21-16-14(8-20-17(18)22-16)25-13-6-15(24-4)19-7-12(13)10(2)3/h12-16H,3-11H2,1-2H3,(H3,23,24,26,27);7-9,11-13,25H,4-6,10H2,1-3H3,(H3,20,22,23,24);9-13H,4-8H2,1-3H3,(H3,20,21,23,24);6-8,10-11,23H,5,9H2,1-4H3,(H3,18,20,21,22). The molecular formula is C77H111N21O7. The monoisotopic (exact) mass is 1440 g/mol. The summed E-state index contributed by atoms with van der Waals surface area (Å²) >= 11 is 0. The van der Waals surface area contributed by atoms with Gasteiger partial charge in [-0.2, -0.15) is 19.9 Å². The minimum atomic E-state index is -0.159. The Morgan fingerprint density at radius 1 is 0.429 bits per heavy atom. The van der Waals surface area contributed by atoms with Crippen LogP contribution in [0.3, 0.4) is 0 Å². The second kappa shape index (κ2) is 38.8. The number of nitrogens with zero attached hydrogens (tertiary/aromatic N) is 13. The molecule has 0 aromatic carbocycles. The lowest BCUT2D eigenvalue weighted by molar-refractivity contribution is 0.237. The topological polar surface area (TPSA) is 397 Å². The number of pyridine rings is 4. The van der Waals surface area contributed by atoms with E-state index in [4.69, 9.17) is 46.6 Å². The van der Waals surface area contributed by atoms with E-state index >= 15 is 0 Å².